The van der Waals surface area contributed by atoms with Gasteiger partial charge in [0.05, 0.1) is 22.6 Å². The minimum absolute atomic E-state index is 0.129. The normalized spacial score (nSPS) is 11.1. The van der Waals surface area contributed by atoms with Crippen LogP contribution in [0.25, 0.3) is 0 Å². The van der Waals surface area contributed by atoms with Gasteiger partial charge in [0.2, 0.25) is 5.91 Å². The van der Waals surface area contributed by atoms with E-state index in [2.05, 4.69) is 5.32 Å². The molecule has 0 atom stereocenters. The molecule has 116 valence electrons. The summed E-state index contributed by atoms with van der Waals surface area (Å²) in [7, 11) is 1.61. The van der Waals surface area contributed by atoms with Crippen LogP contribution in [-0.4, -0.2) is 13.0 Å². The van der Waals surface area contributed by atoms with Crippen LogP contribution in [0.15, 0.2) is 42.5 Å². The molecule has 2 rings (SSSR count). The first-order chi connectivity index (χ1) is 10.3. The van der Waals surface area contributed by atoms with Gasteiger partial charge in [0.15, 0.2) is 0 Å². The van der Waals surface area contributed by atoms with Crippen LogP contribution in [0.2, 0.25) is 10.0 Å². The highest BCUT2D eigenvalue weighted by atomic mass is 35.5. The number of carbonyl (C=O) groups is 1. The summed E-state index contributed by atoms with van der Waals surface area (Å²) in [5.74, 6) is 0.625. The third kappa shape index (κ3) is 3.54. The Balaban J connectivity index is 2.20. The first-order valence-corrected chi connectivity index (χ1v) is 7.51. The molecule has 22 heavy (non-hydrogen) atoms. The number of rotatable bonds is 4. The number of amides is 1. The average Bonchev–Trinajstić information content (AvgIpc) is 2.51. The summed E-state index contributed by atoms with van der Waals surface area (Å²) in [6, 6.07) is 12.4. The van der Waals surface area contributed by atoms with Crippen molar-refractivity contribution in [1.29, 1.82) is 0 Å². The maximum Gasteiger partial charge on any atom is 0.234 e. The number of anilines is 1. The fraction of sp³-hybridized carbons (Fsp3) is 0.235. The number of hydrogen-bond acceptors (Lipinski definition) is 2. The molecule has 2 aromatic carbocycles. The quantitative estimate of drug-likeness (QED) is 0.859. The van der Waals surface area contributed by atoms with Gasteiger partial charge in [-0.3, -0.25) is 4.79 Å². The lowest BCUT2D eigenvalue weighted by Crippen LogP contribution is -2.34. The Morgan fingerprint density at radius 2 is 1.68 bits per heavy atom. The Morgan fingerprint density at radius 1 is 1.05 bits per heavy atom. The van der Waals surface area contributed by atoms with Crippen molar-refractivity contribution in [2.75, 3.05) is 12.4 Å². The Morgan fingerprint density at radius 3 is 2.23 bits per heavy atom. The van der Waals surface area contributed by atoms with Crippen LogP contribution >= 0.6 is 23.2 Å². The molecule has 0 saturated carbocycles. The van der Waals surface area contributed by atoms with Crippen molar-refractivity contribution in [3.05, 3.63) is 58.1 Å². The van der Waals surface area contributed by atoms with Crippen molar-refractivity contribution in [3.63, 3.8) is 0 Å². The van der Waals surface area contributed by atoms with Gasteiger partial charge >= 0.3 is 0 Å². The van der Waals surface area contributed by atoms with Crippen molar-refractivity contribution >= 4 is 34.8 Å². The van der Waals surface area contributed by atoms with Crippen LogP contribution in [0.5, 0.6) is 5.75 Å². The lowest BCUT2D eigenvalue weighted by atomic mass is 9.83. The Labute approximate surface area is 140 Å². The zero-order valence-electron chi connectivity index (χ0n) is 12.6. The fourth-order valence-electron chi connectivity index (χ4n) is 2.00. The van der Waals surface area contributed by atoms with Gasteiger partial charge in [-0.05, 0) is 49.7 Å². The van der Waals surface area contributed by atoms with Crippen LogP contribution in [0, 0.1) is 0 Å². The zero-order valence-corrected chi connectivity index (χ0v) is 14.1. The standard InChI is InChI=1S/C17H17Cl2NO2/c1-17(2,11-4-7-13(22-3)8-5-11)16(21)20-12-6-9-14(18)15(19)10-12/h4-10H,1-3H3,(H,20,21). The molecule has 0 fully saturated rings. The van der Waals surface area contributed by atoms with Gasteiger partial charge in [-0.15, -0.1) is 0 Å². The van der Waals surface area contributed by atoms with Gasteiger partial charge in [0.25, 0.3) is 0 Å². The van der Waals surface area contributed by atoms with Crippen LogP contribution in [0.3, 0.4) is 0 Å². The monoisotopic (exact) mass is 337 g/mol. The van der Waals surface area contributed by atoms with Crippen molar-refractivity contribution in [1.82, 2.24) is 0 Å². The van der Waals surface area contributed by atoms with Crippen molar-refractivity contribution in [2.24, 2.45) is 0 Å². The van der Waals surface area contributed by atoms with Crippen LogP contribution in [0.4, 0.5) is 5.69 Å². The van der Waals surface area contributed by atoms with E-state index in [1.165, 1.54) is 0 Å². The van der Waals surface area contributed by atoms with Gasteiger partial charge in [-0.25, -0.2) is 0 Å². The van der Waals surface area contributed by atoms with Crippen molar-refractivity contribution in [2.45, 2.75) is 19.3 Å². The molecule has 1 N–H and O–H groups in total. The molecule has 5 heteroatoms. The first-order valence-electron chi connectivity index (χ1n) is 6.75. The molecule has 0 aliphatic heterocycles. The number of benzene rings is 2. The molecule has 0 aliphatic rings. The molecule has 1 amide bonds. The largest absolute Gasteiger partial charge is 0.497 e. The van der Waals surface area contributed by atoms with Crippen molar-refractivity contribution in [3.8, 4) is 5.75 Å². The topological polar surface area (TPSA) is 38.3 Å². The van der Waals surface area contributed by atoms with E-state index >= 15 is 0 Å². The van der Waals surface area contributed by atoms with E-state index in [9.17, 15) is 4.79 Å². The van der Waals surface area contributed by atoms with Crippen LogP contribution < -0.4 is 10.1 Å². The van der Waals surface area contributed by atoms with E-state index in [-0.39, 0.29) is 5.91 Å². The van der Waals surface area contributed by atoms with E-state index < -0.39 is 5.41 Å². The molecule has 0 heterocycles. The molecule has 0 unspecified atom stereocenters. The highest BCUT2D eigenvalue weighted by Gasteiger charge is 2.29. The van der Waals surface area contributed by atoms with Crippen LogP contribution in [-0.2, 0) is 10.2 Å². The molecule has 0 aliphatic carbocycles. The van der Waals surface area contributed by atoms with Gasteiger partial charge in [-0.1, -0.05) is 35.3 Å². The van der Waals surface area contributed by atoms with Gasteiger partial charge in [-0.2, -0.15) is 0 Å². The van der Waals surface area contributed by atoms with Gasteiger partial charge in [0.1, 0.15) is 5.75 Å². The number of hydrogen-bond donors (Lipinski definition) is 1. The Bertz CT molecular complexity index is 682. The molecule has 0 radical (unpaired) electrons. The summed E-state index contributed by atoms with van der Waals surface area (Å²) in [5, 5.41) is 3.72. The number of methoxy groups -OCH3 is 1. The minimum Gasteiger partial charge on any atom is -0.497 e. The summed E-state index contributed by atoms with van der Waals surface area (Å²) in [4.78, 5) is 12.6. The lowest BCUT2D eigenvalue weighted by molar-refractivity contribution is -0.120. The smallest absolute Gasteiger partial charge is 0.234 e. The highest BCUT2D eigenvalue weighted by Crippen LogP contribution is 2.29. The first kappa shape index (κ1) is 16.7. The van der Waals surface area contributed by atoms with E-state index in [1.54, 1.807) is 25.3 Å². The zero-order chi connectivity index (χ0) is 16.3. The summed E-state index contributed by atoms with van der Waals surface area (Å²) >= 11 is 11.8. The maximum absolute atomic E-state index is 12.6. The third-order valence-corrected chi connectivity index (χ3v) is 4.30. The lowest BCUT2D eigenvalue weighted by Gasteiger charge is -2.24. The molecule has 2 aromatic rings. The second-order valence-electron chi connectivity index (χ2n) is 5.44. The number of carbonyl (C=O) groups excluding carboxylic acids is 1. The summed E-state index contributed by atoms with van der Waals surface area (Å²) in [5.41, 5.74) is 0.810. The fourth-order valence-corrected chi connectivity index (χ4v) is 2.30. The molecular weight excluding hydrogens is 321 g/mol. The summed E-state index contributed by atoms with van der Waals surface area (Å²) < 4.78 is 5.13. The molecule has 0 saturated heterocycles. The van der Waals surface area contributed by atoms with E-state index in [1.807, 2.05) is 38.1 Å². The molecular formula is C17H17Cl2NO2. The molecule has 0 spiro atoms. The predicted molar refractivity (Wildman–Crippen MR) is 91.1 cm³/mol. The maximum atomic E-state index is 12.6. The Hall–Kier alpha value is -1.71. The minimum atomic E-state index is -0.696. The van der Waals surface area contributed by atoms with Crippen molar-refractivity contribution < 1.29 is 9.53 Å². The molecule has 0 bridgehead atoms. The Kier molecular flexibility index (Phi) is 4.99. The van der Waals surface area contributed by atoms with Gasteiger partial charge < -0.3 is 10.1 Å². The summed E-state index contributed by atoms with van der Waals surface area (Å²) in [6.45, 7) is 3.73. The number of ether oxygens (including phenoxy) is 1. The van der Waals surface area contributed by atoms with E-state index in [4.69, 9.17) is 27.9 Å². The second kappa shape index (κ2) is 6.59. The number of halogens is 2. The highest BCUT2D eigenvalue weighted by molar-refractivity contribution is 6.42. The molecule has 3 nitrogen and oxygen atoms in total. The third-order valence-electron chi connectivity index (χ3n) is 3.56. The SMILES string of the molecule is COc1ccc(C(C)(C)C(=O)Nc2ccc(Cl)c(Cl)c2)cc1. The van der Waals surface area contributed by atoms with Crippen LogP contribution in [0.1, 0.15) is 19.4 Å². The molecule has 0 aromatic heterocycles. The second-order valence-corrected chi connectivity index (χ2v) is 6.25. The van der Waals surface area contributed by atoms with Gasteiger partial charge in [0, 0.05) is 5.69 Å². The van der Waals surface area contributed by atoms with E-state index in [0.29, 0.717) is 15.7 Å². The van der Waals surface area contributed by atoms with E-state index in [0.717, 1.165) is 11.3 Å². The average molecular weight is 338 g/mol. The summed E-state index contributed by atoms with van der Waals surface area (Å²) in [6.07, 6.45) is 0. The number of nitrogens with one attached hydrogen (secondary N) is 1. The predicted octanol–water partition coefficient (Wildman–Crippen LogP) is 4.92.